The van der Waals surface area contributed by atoms with Crippen LogP contribution in [0.5, 0.6) is 5.75 Å². The fraction of sp³-hybridized carbons (Fsp3) is 0.346. The highest BCUT2D eigenvalue weighted by Crippen LogP contribution is 2.28. The zero-order valence-corrected chi connectivity index (χ0v) is 20.7. The normalized spacial score (nSPS) is 16.1. The Bertz CT molecular complexity index is 1130. The monoisotopic (exact) mass is 500 g/mol. The molecule has 2 aromatic carbocycles. The number of hydrogen-bond donors (Lipinski definition) is 0. The van der Waals surface area contributed by atoms with Crippen LogP contribution >= 0.6 is 34.5 Å². The molecule has 1 aromatic heterocycles. The van der Waals surface area contributed by atoms with Gasteiger partial charge in [-0.15, -0.1) is 11.3 Å². The van der Waals surface area contributed by atoms with Gasteiger partial charge < -0.3 is 9.64 Å². The van der Waals surface area contributed by atoms with E-state index in [1.165, 1.54) is 35.3 Å². The first kappa shape index (κ1) is 22.7. The molecular formula is C26H26Cl2N2O2S. The van der Waals surface area contributed by atoms with Gasteiger partial charge in [-0.1, -0.05) is 35.3 Å². The Morgan fingerprint density at radius 2 is 1.73 bits per heavy atom. The second-order valence-electron chi connectivity index (χ2n) is 8.66. The summed E-state index contributed by atoms with van der Waals surface area (Å²) in [5.74, 6) is 1.00. The van der Waals surface area contributed by atoms with Gasteiger partial charge in [0.05, 0.1) is 4.88 Å². The Morgan fingerprint density at radius 1 is 0.970 bits per heavy atom. The van der Waals surface area contributed by atoms with Crippen molar-refractivity contribution in [2.75, 3.05) is 26.2 Å². The van der Waals surface area contributed by atoms with E-state index in [0.717, 1.165) is 41.3 Å². The quantitative estimate of drug-likeness (QED) is 0.411. The molecule has 0 radical (unpaired) electrons. The van der Waals surface area contributed by atoms with Gasteiger partial charge in [-0.2, -0.15) is 0 Å². The Labute approximate surface area is 208 Å². The summed E-state index contributed by atoms with van der Waals surface area (Å²) >= 11 is 14.1. The molecule has 0 unspecified atom stereocenters. The smallest absolute Gasteiger partial charge is 0.264 e. The first-order valence-corrected chi connectivity index (χ1v) is 13.0. The minimum absolute atomic E-state index is 0.0965. The number of hydrogen-bond acceptors (Lipinski definition) is 4. The van der Waals surface area contributed by atoms with Crippen LogP contribution in [0, 0.1) is 0 Å². The van der Waals surface area contributed by atoms with Crippen LogP contribution in [0.1, 0.15) is 38.3 Å². The maximum Gasteiger partial charge on any atom is 0.264 e. The Kier molecular flexibility index (Phi) is 6.93. The maximum absolute atomic E-state index is 13.0. The molecule has 7 heteroatoms. The first-order valence-electron chi connectivity index (χ1n) is 11.3. The summed E-state index contributed by atoms with van der Waals surface area (Å²) in [4.78, 5) is 18.0. The molecule has 4 nitrogen and oxygen atoms in total. The van der Waals surface area contributed by atoms with Gasteiger partial charge in [0.1, 0.15) is 12.4 Å². The predicted octanol–water partition coefficient (Wildman–Crippen LogP) is 6.08. The van der Waals surface area contributed by atoms with Crippen LogP contribution in [-0.2, 0) is 26.0 Å². The van der Waals surface area contributed by atoms with E-state index in [4.69, 9.17) is 27.9 Å². The van der Waals surface area contributed by atoms with Gasteiger partial charge in [-0.3, -0.25) is 9.69 Å². The fourth-order valence-electron chi connectivity index (χ4n) is 4.54. The van der Waals surface area contributed by atoms with E-state index < -0.39 is 0 Å². The summed E-state index contributed by atoms with van der Waals surface area (Å²) in [7, 11) is 0. The van der Waals surface area contributed by atoms with Gasteiger partial charge in [0, 0.05) is 53.9 Å². The molecule has 1 saturated heterocycles. The van der Waals surface area contributed by atoms with Crippen LogP contribution in [0.15, 0.2) is 47.8 Å². The number of carbonyl (C=O) groups excluding carboxylic acids is 1. The second-order valence-corrected chi connectivity index (χ2v) is 10.4. The average molecular weight is 501 g/mol. The van der Waals surface area contributed by atoms with Crippen molar-refractivity contribution >= 4 is 40.4 Å². The molecule has 0 bridgehead atoms. The summed E-state index contributed by atoms with van der Waals surface area (Å²) in [6.45, 7) is 4.16. The molecule has 1 amide bonds. The van der Waals surface area contributed by atoms with Gasteiger partial charge >= 0.3 is 0 Å². The van der Waals surface area contributed by atoms with Crippen molar-refractivity contribution in [3.8, 4) is 5.75 Å². The van der Waals surface area contributed by atoms with Crippen LogP contribution in [0.2, 0.25) is 10.0 Å². The first-order chi connectivity index (χ1) is 16.1. The third kappa shape index (κ3) is 5.22. The molecule has 2 aliphatic rings. The lowest BCUT2D eigenvalue weighted by Crippen LogP contribution is -2.48. The van der Waals surface area contributed by atoms with E-state index in [9.17, 15) is 4.79 Å². The standard InChI is InChI=1S/C26H26Cl2N2O2S/c27-23-5-2-6-24(28)22(23)15-29-9-11-30(12-10-29)26(31)25-13-18(17-33-25)16-32-21-8-7-19-3-1-4-20(19)14-21/h2,5-8,13-14,17H,1,3-4,9-12,15-16H2. The van der Waals surface area contributed by atoms with Crippen molar-refractivity contribution in [3.63, 3.8) is 0 Å². The lowest BCUT2D eigenvalue weighted by molar-refractivity contribution is 0.0633. The predicted molar refractivity (Wildman–Crippen MR) is 135 cm³/mol. The van der Waals surface area contributed by atoms with Gasteiger partial charge in [0.15, 0.2) is 0 Å². The number of benzene rings is 2. The van der Waals surface area contributed by atoms with Crippen LogP contribution in [0.4, 0.5) is 0 Å². The van der Waals surface area contributed by atoms with Gasteiger partial charge in [0.25, 0.3) is 5.91 Å². The van der Waals surface area contributed by atoms with Gasteiger partial charge in [-0.25, -0.2) is 0 Å². The van der Waals surface area contributed by atoms with E-state index in [1.54, 1.807) is 0 Å². The average Bonchev–Trinajstić information content (AvgIpc) is 3.49. The molecule has 172 valence electrons. The molecule has 1 fully saturated rings. The molecule has 1 aliphatic heterocycles. The molecule has 3 aromatic rings. The lowest BCUT2D eigenvalue weighted by Gasteiger charge is -2.34. The summed E-state index contributed by atoms with van der Waals surface area (Å²) in [5, 5.41) is 3.40. The largest absolute Gasteiger partial charge is 0.489 e. The van der Waals surface area contributed by atoms with Crippen molar-refractivity contribution in [2.24, 2.45) is 0 Å². The molecule has 33 heavy (non-hydrogen) atoms. The summed E-state index contributed by atoms with van der Waals surface area (Å²) < 4.78 is 6.00. The number of rotatable bonds is 6. The van der Waals surface area contributed by atoms with Crippen LogP contribution in [-0.4, -0.2) is 41.9 Å². The van der Waals surface area contributed by atoms with E-state index in [2.05, 4.69) is 23.1 Å². The highest BCUT2D eigenvalue weighted by atomic mass is 35.5. The molecular weight excluding hydrogens is 475 g/mol. The Hall–Kier alpha value is -2.05. The molecule has 0 N–H and O–H groups in total. The highest BCUT2D eigenvalue weighted by molar-refractivity contribution is 7.12. The van der Waals surface area contributed by atoms with Crippen molar-refractivity contribution in [3.05, 3.63) is 85.0 Å². The Morgan fingerprint density at radius 3 is 2.52 bits per heavy atom. The summed E-state index contributed by atoms with van der Waals surface area (Å²) in [5.41, 5.74) is 4.84. The molecule has 0 spiro atoms. The van der Waals surface area contributed by atoms with Crippen molar-refractivity contribution in [1.29, 1.82) is 0 Å². The number of piperazine rings is 1. The zero-order valence-electron chi connectivity index (χ0n) is 18.4. The number of halogens is 2. The molecule has 0 atom stereocenters. The van der Waals surface area contributed by atoms with Crippen molar-refractivity contribution in [1.82, 2.24) is 9.80 Å². The third-order valence-corrected chi connectivity index (χ3v) is 8.12. The number of amides is 1. The summed E-state index contributed by atoms with van der Waals surface area (Å²) in [6, 6.07) is 14.0. The van der Waals surface area contributed by atoms with Crippen molar-refractivity contribution < 1.29 is 9.53 Å². The number of thiophene rings is 1. The second kappa shape index (κ2) is 10.1. The maximum atomic E-state index is 13.0. The van der Waals surface area contributed by atoms with Crippen molar-refractivity contribution in [2.45, 2.75) is 32.4 Å². The number of ether oxygens (including phenoxy) is 1. The molecule has 2 heterocycles. The van der Waals surface area contributed by atoms with E-state index in [-0.39, 0.29) is 5.91 Å². The van der Waals surface area contributed by atoms with Gasteiger partial charge in [-0.05, 0) is 66.1 Å². The summed E-state index contributed by atoms with van der Waals surface area (Å²) in [6.07, 6.45) is 3.55. The molecule has 5 rings (SSSR count). The zero-order chi connectivity index (χ0) is 22.8. The molecule has 0 saturated carbocycles. The minimum atomic E-state index is 0.0965. The fourth-order valence-corrected chi connectivity index (χ4v) is 5.92. The van der Waals surface area contributed by atoms with Crippen LogP contribution < -0.4 is 4.74 Å². The topological polar surface area (TPSA) is 32.8 Å². The van der Waals surface area contributed by atoms with Gasteiger partial charge in [0.2, 0.25) is 0 Å². The van der Waals surface area contributed by atoms with E-state index >= 15 is 0 Å². The Balaban J connectivity index is 1.13. The highest BCUT2D eigenvalue weighted by Gasteiger charge is 2.24. The number of nitrogens with zero attached hydrogens (tertiary/aromatic N) is 2. The lowest BCUT2D eigenvalue weighted by atomic mass is 10.1. The van der Waals surface area contributed by atoms with Crippen LogP contribution in [0.3, 0.4) is 0 Å². The third-order valence-electron chi connectivity index (χ3n) is 6.44. The van der Waals surface area contributed by atoms with Crippen LogP contribution in [0.25, 0.3) is 0 Å². The van der Waals surface area contributed by atoms with E-state index in [0.29, 0.717) is 36.3 Å². The molecule has 1 aliphatic carbocycles. The number of carbonyl (C=O) groups is 1. The minimum Gasteiger partial charge on any atom is -0.489 e. The SMILES string of the molecule is O=C(c1cc(COc2ccc3c(c2)CCC3)cs1)N1CCN(Cc2c(Cl)cccc2Cl)CC1. The van der Waals surface area contributed by atoms with E-state index in [1.807, 2.05) is 34.5 Å². The number of fused-ring (bicyclic) bond motifs is 1. The number of aryl methyl sites for hydroxylation is 2.